The van der Waals surface area contributed by atoms with Gasteiger partial charge in [-0.15, -0.1) is 0 Å². The zero-order chi connectivity index (χ0) is 14.5. The smallest absolute Gasteiger partial charge is 0.0337 e. The van der Waals surface area contributed by atoms with Gasteiger partial charge in [0, 0.05) is 25.0 Å². The van der Waals surface area contributed by atoms with Crippen LogP contribution in [0.1, 0.15) is 48.9 Å². The van der Waals surface area contributed by atoms with Gasteiger partial charge in [0.25, 0.3) is 0 Å². The predicted molar refractivity (Wildman–Crippen MR) is 88.6 cm³/mol. The Morgan fingerprint density at radius 2 is 2.00 bits per heavy atom. The summed E-state index contributed by atoms with van der Waals surface area (Å²) in [6.07, 6.45) is 11.1. The van der Waals surface area contributed by atoms with E-state index < -0.39 is 0 Å². The van der Waals surface area contributed by atoms with Crippen molar-refractivity contribution in [1.82, 2.24) is 9.88 Å². The maximum atomic E-state index is 3.65. The van der Waals surface area contributed by atoms with Crippen LogP contribution in [0.4, 0.5) is 0 Å². The number of aromatic nitrogens is 1. The highest BCUT2D eigenvalue weighted by Crippen LogP contribution is 2.29. The van der Waals surface area contributed by atoms with Gasteiger partial charge in [0.15, 0.2) is 0 Å². The summed E-state index contributed by atoms with van der Waals surface area (Å²) in [5.41, 5.74) is 4.53. The van der Waals surface area contributed by atoms with E-state index in [-0.39, 0.29) is 0 Å². The Hall–Kier alpha value is -1.54. The highest BCUT2D eigenvalue weighted by Gasteiger charge is 2.19. The van der Waals surface area contributed by atoms with Crippen molar-refractivity contribution in [1.29, 1.82) is 0 Å². The minimum atomic E-state index is 0.561. The Labute approximate surface area is 128 Å². The summed E-state index contributed by atoms with van der Waals surface area (Å²) in [4.78, 5) is 0. The zero-order valence-corrected chi connectivity index (χ0v) is 13.0. The van der Waals surface area contributed by atoms with E-state index in [0.29, 0.717) is 6.04 Å². The van der Waals surface area contributed by atoms with Crippen LogP contribution in [-0.4, -0.2) is 11.1 Å². The Morgan fingerprint density at radius 3 is 2.81 bits per heavy atom. The van der Waals surface area contributed by atoms with E-state index in [1.165, 1.54) is 31.2 Å². The minimum absolute atomic E-state index is 0.561. The van der Waals surface area contributed by atoms with Gasteiger partial charge in [-0.2, -0.15) is 0 Å². The highest BCUT2D eigenvalue weighted by atomic mass is 15.0. The van der Waals surface area contributed by atoms with Crippen molar-refractivity contribution >= 4 is 0 Å². The molecule has 21 heavy (non-hydrogen) atoms. The molecule has 0 saturated heterocycles. The average molecular weight is 282 g/mol. The number of fused-ring (bicyclic) bond motifs is 1. The van der Waals surface area contributed by atoms with E-state index in [9.17, 15) is 0 Å². The van der Waals surface area contributed by atoms with Gasteiger partial charge >= 0.3 is 0 Å². The van der Waals surface area contributed by atoms with E-state index in [1.807, 2.05) is 0 Å². The molecule has 0 bridgehead atoms. The lowest BCUT2D eigenvalue weighted by atomic mass is 10.0. The summed E-state index contributed by atoms with van der Waals surface area (Å²) in [6, 6.07) is 11.3. The Balaban J connectivity index is 1.71. The number of rotatable bonds is 5. The Kier molecular flexibility index (Phi) is 4.76. The molecule has 0 saturated carbocycles. The van der Waals surface area contributed by atoms with Crippen LogP contribution in [0.5, 0.6) is 0 Å². The molecule has 2 aromatic rings. The monoisotopic (exact) mass is 282 g/mol. The molecule has 0 amide bonds. The van der Waals surface area contributed by atoms with Crippen molar-refractivity contribution < 1.29 is 0 Å². The largest absolute Gasteiger partial charge is 0.353 e. The molecule has 0 fully saturated rings. The molecule has 1 aromatic carbocycles. The SMILES string of the molecule is CCNC1CCCCc2cn(CCc3ccccc3)cc21. The first-order chi connectivity index (χ1) is 10.4. The molecular weight excluding hydrogens is 256 g/mol. The molecule has 0 spiro atoms. The van der Waals surface area contributed by atoms with Crippen LogP contribution in [0, 0.1) is 0 Å². The molecule has 3 rings (SSSR count). The van der Waals surface area contributed by atoms with E-state index in [4.69, 9.17) is 0 Å². The van der Waals surface area contributed by atoms with Crippen LogP contribution in [0.3, 0.4) is 0 Å². The summed E-state index contributed by atoms with van der Waals surface area (Å²) < 4.78 is 2.40. The average Bonchev–Trinajstić information content (AvgIpc) is 2.84. The van der Waals surface area contributed by atoms with Crippen molar-refractivity contribution in [3.05, 3.63) is 59.4 Å². The van der Waals surface area contributed by atoms with Crippen LogP contribution in [0.15, 0.2) is 42.7 Å². The highest BCUT2D eigenvalue weighted by molar-refractivity contribution is 5.29. The summed E-state index contributed by atoms with van der Waals surface area (Å²) >= 11 is 0. The van der Waals surface area contributed by atoms with Crippen molar-refractivity contribution in [3.63, 3.8) is 0 Å². The van der Waals surface area contributed by atoms with Gasteiger partial charge < -0.3 is 9.88 Å². The van der Waals surface area contributed by atoms with Crippen molar-refractivity contribution in [2.24, 2.45) is 0 Å². The van der Waals surface area contributed by atoms with Gasteiger partial charge in [-0.25, -0.2) is 0 Å². The van der Waals surface area contributed by atoms with Gasteiger partial charge in [-0.3, -0.25) is 0 Å². The van der Waals surface area contributed by atoms with Crippen molar-refractivity contribution in [2.45, 2.75) is 51.6 Å². The number of nitrogens with one attached hydrogen (secondary N) is 1. The third kappa shape index (κ3) is 3.56. The van der Waals surface area contributed by atoms with Crippen LogP contribution < -0.4 is 5.32 Å². The van der Waals surface area contributed by atoms with E-state index >= 15 is 0 Å². The summed E-state index contributed by atoms with van der Waals surface area (Å²) in [6.45, 7) is 4.34. The third-order valence-corrected chi connectivity index (χ3v) is 4.51. The maximum absolute atomic E-state index is 3.65. The fraction of sp³-hybridized carbons (Fsp3) is 0.474. The van der Waals surface area contributed by atoms with Gasteiger partial charge in [-0.05, 0) is 48.9 Å². The fourth-order valence-electron chi connectivity index (χ4n) is 3.41. The number of aryl methyl sites for hydroxylation is 3. The second-order valence-electron chi connectivity index (χ2n) is 6.07. The first kappa shape index (κ1) is 14.4. The zero-order valence-electron chi connectivity index (χ0n) is 13.0. The van der Waals surface area contributed by atoms with Gasteiger partial charge in [0.2, 0.25) is 0 Å². The summed E-state index contributed by atoms with van der Waals surface area (Å²) in [5, 5.41) is 3.65. The first-order valence-corrected chi connectivity index (χ1v) is 8.32. The van der Waals surface area contributed by atoms with Crippen molar-refractivity contribution in [3.8, 4) is 0 Å². The molecule has 112 valence electrons. The molecule has 1 unspecified atom stereocenters. The standard InChI is InChI=1S/C19H26N2/c1-2-20-19-11-7-6-10-17-14-21(15-18(17)19)13-12-16-8-4-3-5-9-16/h3-5,8-9,14-15,19-20H,2,6-7,10-13H2,1H3. The van der Waals surface area contributed by atoms with E-state index in [2.05, 4.69) is 59.5 Å². The molecule has 0 radical (unpaired) electrons. The van der Waals surface area contributed by atoms with Crippen molar-refractivity contribution in [2.75, 3.05) is 6.54 Å². The summed E-state index contributed by atoms with van der Waals surface area (Å²) in [5.74, 6) is 0. The molecule has 1 heterocycles. The topological polar surface area (TPSA) is 17.0 Å². The molecule has 1 aromatic heterocycles. The Bertz CT molecular complexity index is 556. The molecule has 1 aliphatic carbocycles. The van der Waals surface area contributed by atoms with Gasteiger partial charge in [0.05, 0.1) is 0 Å². The lowest BCUT2D eigenvalue weighted by molar-refractivity contribution is 0.501. The molecule has 2 heteroatoms. The van der Waals surface area contributed by atoms with Crippen LogP contribution >= 0.6 is 0 Å². The molecule has 0 aliphatic heterocycles. The minimum Gasteiger partial charge on any atom is -0.353 e. The van der Waals surface area contributed by atoms with Gasteiger partial charge in [-0.1, -0.05) is 43.7 Å². The lowest BCUT2D eigenvalue weighted by Crippen LogP contribution is -2.20. The van der Waals surface area contributed by atoms with Crippen LogP contribution in [0.25, 0.3) is 0 Å². The quantitative estimate of drug-likeness (QED) is 0.817. The maximum Gasteiger partial charge on any atom is 0.0337 e. The predicted octanol–water partition coefficient (Wildman–Crippen LogP) is 4.11. The first-order valence-electron chi connectivity index (χ1n) is 8.32. The fourth-order valence-corrected chi connectivity index (χ4v) is 3.41. The molecule has 1 N–H and O–H groups in total. The number of benzene rings is 1. The van der Waals surface area contributed by atoms with E-state index in [1.54, 1.807) is 11.1 Å². The third-order valence-electron chi connectivity index (χ3n) is 4.51. The second-order valence-corrected chi connectivity index (χ2v) is 6.07. The van der Waals surface area contributed by atoms with Crippen LogP contribution in [-0.2, 0) is 19.4 Å². The summed E-state index contributed by atoms with van der Waals surface area (Å²) in [7, 11) is 0. The van der Waals surface area contributed by atoms with E-state index in [0.717, 1.165) is 19.5 Å². The Morgan fingerprint density at radius 1 is 1.14 bits per heavy atom. The number of hydrogen-bond acceptors (Lipinski definition) is 1. The lowest BCUT2D eigenvalue weighted by Gasteiger charge is -2.15. The molecule has 1 aliphatic rings. The molecule has 1 atom stereocenters. The normalized spacial score (nSPS) is 18.2. The second kappa shape index (κ2) is 6.95. The van der Waals surface area contributed by atoms with Gasteiger partial charge in [0.1, 0.15) is 0 Å². The van der Waals surface area contributed by atoms with Crippen LogP contribution in [0.2, 0.25) is 0 Å². The number of hydrogen-bond donors (Lipinski definition) is 1. The molecule has 2 nitrogen and oxygen atoms in total. The molecular formula is C19H26N2. The number of nitrogens with zero attached hydrogens (tertiary/aromatic N) is 1.